The number of hydrogen-bond acceptors (Lipinski definition) is 5. The van der Waals surface area contributed by atoms with Crippen molar-refractivity contribution >= 4 is 40.6 Å². The van der Waals surface area contributed by atoms with E-state index in [9.17, 15) is 9.59 Å². The number of carbonyl (C=O) groups is 2. The lowest BCUT2D eigenvalue weighted by Gasteiger charge is -2.32. The second-order valence-corrected chi connectivity index (χ2v) is 7.89. The molecule has 1 aliphatic heterocycles. The fourth-order valence-corrected chi connectivity index (χ4v) is 4.30. The fourth-order valence-electron chi connectivity index (χ4n) is 2.72. The molecule has 5 nitrogen and oxygen atoms in total. The number of anilines is 1. The summed E-state index contributed by atoms with van der Waals surface area (Å²) in [6.45, 7) is 2.73. The summed E-state index contributed by atoms with van der Waals surface area (Å²) < 4.78 is 5.61. The first-order valence-electron chi connectivity index (χ1n) is 8.57. The van der Waals surface area contributed by atoms with E-state index in [4.69, 9.17) is 4.74 Å². The maximum Gasteiger partial charge on any atom is 0.267 e. The summed E-state index contributed by atoms with van der Waals surface area (Å²) in [7, 11) is 0. The standard InChI is InChI=1S/C19H22N2O3S2/c1-14-19(23)21(16-4-2-3-5-17(16)24-14)9-6-18(22)20-8-11-26-13-15-7-10-25-12-15/h2-5,7,10,12,14H,6,8-9,11,13H2,1H3,(H,20,22)/t14-/m0/s1. The molecule has 3 rings (SSSR count). The Kier molecular flexibility index (Phi) is 6.57. The first-order valence-corrected chi connectivity index (χ1v) is 10.7. The minimum atomic E-state index is -0.526. The number of nitrogens with zero attached hydrogens (tertiary/aromatic N) is 1. The quantitative estimate of drug-likeness (QED) is 0.703. The Balaban J connectivity index is 1.41. The molecule has 0 spiro atoms. The predicted molar refractivity (Wildman–Crippen MR) is 107 cm³/mol. The van der Waals surface area contributed by atoms with Gasteiger partial charge in [0.2, 0.25) is 5.91 Å². The predicted octanol–water partition coefficient (Wildman–Crippen LogP) is 3.30. The van der Waals surface area contributed by atoms with Crippen LogP contribution in [0.15, 0.2) is 41.1 Å². The molecule has 0 unspecified atom stereocenters. The second kappa shape index (κ2) is 9.09. The summed E-state index contributed by atoms with van der Waals surface area (Å²) in [4.78, 5) is 26.1. The van der Waals surface area contributed by atoms with E-state index < -0.39 is 6.10 Å². The normalized spacial score (nSPS) is 16.1. The highest BCUT2D eigenvalue weighted by Gasteiger charge is 2.31. The molecule has 1 N–H and O–H groups in total. The molecule has 138 valence electrons. The molecule has 0 aliphatic carbocycles. The molecule has 7 heteroatoms. The van der Waals surface area contributed by atoms with E-state index in [-0.39, 0.29) is 18.2 Å². The number of thioether (sulfide) groups is 1. The number of nitrogens with one attached hydrogen (secondary N) is 1. The fraction of sp³-hybridized carbons (Fsp3) is 0.368. The number of rotatable bonds is 8. The highest BCUT2D eigenvalue weighted by atomic mass is 32.2. The van der Waals surface area contributed by atoms with Crippen molar-refractivity contribution in [1.29, 1.82) is 0 Å². The third kappa shape index (κ3) is 4.80. The molecule has 1 aliphatic rings. The smallest absolute Gasteiger partial charge is 0.267 e. The van der Waals surface area contributed by atoms with Crippen LogP contribution in [0.5, 0.6) is 5.75 Å². The Bertz CT molecular complexity index is 749. The highest BCUT2D eigenvalue weighted by molar-refractivity contribution is 7.98. The van der Waals surface area contributed by atoms with Gasteiger partial charge >= 0.3 is 0 Å². The molecule has 0 radical (unpaired) electrons. The van der Waals surface area contributed by atoms with Crippen LogP contribution >= 0.6 is 23.1 Å². The lowest BCUT2D eigenvalue weighted by atomic mass is 10.1. The van der Waals surface area contributed by atoms with E-state index >= 15 is 0 Å². The summed E-state index contributed by atoms with van der Waals surface area (Å²) in [6, 6.07) is 9.55. The molecule has 0 saturated carbocycles. The van der Waals surface area contributed by atoms with Gasteiger partial charge in [0.25, 0.3) is 5.91 Å². The molecule has 1 atom stereocenters. The van der Waals surface area contributed by atoms with Crippen LogP contribution in [-0.4, -0.2) is 36.8 Å². The second-order valence-electron chi connectivity index (χ2n) is 6.00. The van der Waals surface area contributed by atoms with Crippen molar-refractivity contribution in [3.63, 3.8) is 0 Å². The van der Waals surface area contributed by atoms with Crippen molar-refractivity contribution in [3.8, 4) is 5.75 Å². The van der Waals surface area contributed by atoms with E-state index in [1.165, 1.54) is 5.56 Å². The van der Waals surface area contributed by atoms with E-state index in [0.29, 0.717) is 18.8 Å². The molecule has 1 aromatic heterocycles. The van der Waals surface area contributed by atoms with Crippen LogP contribution in [0.4, 0.5) is 5.69 Å². The Hall–Kier alpha value is -1.99. The van der Waals surface area contributed by atoms with Gasteiger partial charge in [0.1, 0.15) is 5.75 Å². The van der Waals surface area contributed by atoms with E-state index in [1.54, 1.807) is 34.9 Å². The molecule has 0 fully saturated rings. The van der Waals surface area contributed by atoms with Crippen molar-refractivity contribution in [2.75, 3.05) is 23.7 Å². The van der Waals surface area contributed by atoms with Crippen molar-refractivity contribution in [2.24, 2.45) is 0 Å². The summed E-state index contributed by atoms with van der Waals surface area (Å²) in [5.74, 6) is 2.38. The number of carbonyl (C=O) groups excluding carboxylic acids is 2. The van der Waals surface area contributed by atoms with Gasteiger partial charge in [0.05, 0.1) is 5.69 Å². The van der Waals surface area contributed by atoms with Crippen molar-refractivity contribution in [2.45, 2.75) is 25.2 Å². The van der Waals surface area contributed by atoms with Crippen molar-refractivity contribution < 1.29 is 14.3 Å². The molecule has 2 aromatic rings. The van der Waals surface area contributed by atoms with E-state index in [1.807, 2.05) is 24.3 Å². The number of benzene rings is 1. The van der Waals surface area contributed by atoms with Crippen molar-refractivity contribution in [3.05, 3.63) is 46.7 Å². The monoisotopic (exact) mass is 390 g/mol. The van der Waals surface area contributed by atoms with Crippen LogP contribution in [-0.2, 0) is 15.3 Å². The minimum Gasteiger partial charge on any atom is -0.479 e. The number of para-hydroxylation sites is 2. The first-order chi connectivity index (χ1) is 12.6. The van der Waals surface area contributed by atoms with Gasteiger partial charge in [-0.05, 0) is 41.4 Å². The van der Waals surface area contributed by atoms with Crippen molar-refractivity contribution in [1.82, 2.24) is 5.32 Å². The van der Waals surface area contributed by atoms with Gasteiger partial charge in [-0.15, -0.1) is 0 Å². The van der Waals surface area contributed by atoms with Gasteiger partial charge in [-0.25, -0.2) is 0 Å². The van der Waals surface area contributed by atoms with Crippen LogP contribution in [0.1, 0.15) is 18.9 Å². The molecular formula is C19H22N2O3S2. The number of fused-ring (bicyclic) bond motifs is 1. The first kappa shape index (κ1) is 18.8. The zero-order valence-corrected chi connectivity index (χ0v) is 16.3. The zero-order chi connectivity index (χ0) is 18.4. The molecule has 0 bridgehead atoms. The topological polar surface area (TPSA) is 58.6 Å². The lowest BCUT2D eigenvalue weighted by Crippen LogP contribution is -2.45. The largest absolute Gasteiger partial charge is 0.479 e. The maximum absolute atomic E-state index is 12.4. The van der Waals surface area contributed by atoms with Crippen LogP contribution < -0.4 is 15.0 Å². The Morgan fingerprint density at radius 2 is 2.19 bits per heavy atom. The van der Waals surface area contributed by atoms with Crippen LogP contribution in [0.3, 0.4) is 0 Å². The van der Waals surface area contributed by atoms with E-state index in [2.05, 4.69) is 22.1 Å². The maximum atomic E-state index is 12.4. The van der Waals surface area contributed by atoms with Crippen LogP contribution in [0, 0.1) is 0 Å². The van der Waals surface area contributed by atoms with Crippen LogP contribution in [0.2, 0.25) is 0 Å². The zero-order valence-electron chi connectivity index (χ0n) is 14.6. The molecule has 1 aromatic carbocycles. The van der Waals surface area contributed by atoms with E-state index in [0.717, 1.165) is 17.2 Å². The summed E-state index contributed by atoms with van der Waals surface area (Å²) >= 11 is 3.50. The highest BCUT2D eigenvalue weighted by Crippen LogP contribution is 2.33. The summed E-state index contributed by atoms with van der Waals surface area (Å²) in [6.07, 6.45) is -0.247. The number of amides is 2. The summed E-state index contributed by atoms with van der Waals surface area (Å²) in [5.41, 5.74) is 2.06. The molecular weight excluding hydrogens is 368 g/mol. The van der Waals surface area contributed by atoms with Gasteiger partial charge in [0.15, 0.2) is 6.10 Å². The van der Waals surface area contributed by atoms with Gasteiger partial charge in [-0.3, -0.25) is 9.59 Å². The molecule has 2 amide bonds. The Labute approximate surface area is 161 Å². The average Bonchev–Trinajstić information content (AvgIpc) is 3.15. The molecule has 2 heterocycles. The number of thiophene rings is 1. The lowest BCUT2D eigenvalue weighted by molar-refractivity contribution is -0.125. The Morgan fingerprint density at radius 3 is 3.00 bits per heavy atom. The van der Waals surface area contributed by atoms with Gasteiger partial charge in [-0.1, -0.05) is 12.1 Å². The Morgan fingerprint density at radius 1 is 1.35 bits per heavy atom. The summed E-state index contributed by atoms with van der Waals surface area (Å²) in [5, 5.41) is 7.14. The average molecular weight is 391 g/mol. The van der Waals surface area contributed by atoms with Crippen LogP contribution in [0.25, 0.3) is 0 Å². The van der Waals surface area contributed by atoms with Gasteiger partial charge in [-0.2, -0.15) is 23.1 Å². The van der Waals surface area contributed by atoms with Gasteiger partial charge in [0, 0.05) is 31.0 Å². The van der Waals surface area contributed by atoms with Gasteiger partial charge < -0.3 is 15.0 Å². The number of hydrogen-bond donors (Lipinski definition) is 1. The molecule has 0 saturated heterocycles. The SMILES string of the molecule is C[C@@H]1Oc2ccccc2N(CCC(=O)NCCSCc2ccsc2)C1=O. The minimum absolute atomic E-state index is 0.0365. The third-order valence-corrected chi connectivity index (χ3v) is 5.82. The third-order valence-electron chi connectivity index (χ3n) is 4.05. The number of ether oxygens (including phenoxy) is 1. The molecule has 26 heavy (non-hydrogen) atoms.